The van der Waals surface area contributed by atoms with Crippen LogP contribution < -0.4 is 0 Å². The van der Waals surface area contributed by atoms with Gasteiger partial charge in [0.2, 0.25) is 0 Å². The van der Waals surface area contributed by atoms with Gasteiger partial charge in [-0.2, -0.15) is 0 Å². The van der Waals surface area contributed by atoms with Crippen molar-refractivity contribution in [1.29, 1.82) is 0 Å². The zero-order chi connectivity index (χ0) is 13.2. The van der Waals surface area contributed by atoms with Gasteiger partial charge in [0.15, 0.2) is 4.47 Å². The molecule has 0 aliphatic carbocycles. The fourth-order valence-electron chi connectivity index (χ4n) is 1.97. The van der Waals surface area contributed by atoms with Crippen LogP contribution >= 0.6 is 22.9 Å². The lowest BCUT2D eigenvalue weighted by Crippen LogP contribution is -1.84. The van der Waals surface area contributed by atoms with Gasteiger partial charge in [0.25, 0.3) is 0 Å². The van der Waals surface area contributed by atoms with Gasteiger partial charge >= 0.3 is 0 Å². The molecule has 2 nitrogen and oxygen atoms in total. The van der Waals surface area contributed by atoms with Crippen LogP contribution in [0.15, 0.2) is 48.7 Å². The third kappa shape index (κ3) is 2.53. The molecule has 0 fully saturated rings. The minimum absolute atomic E-state index is 0.559. The first-order valence-corrected chi connectivity index (χ1v) is 7.08. The standard InChI is InChI=1S/C15H11ClN2S/c1-10-9-12(7-8-17-10)14-13(18-15(16)19-14)11-5-3-2-4-6-11/h2-9H,1H3. The van der Waals surface area contributed by atoms with Crippen LogP contribution in [-0.2, 0) is 0 Å². The van der Waals surface area contributed by atoms with Crippen molar-refractivity contribution in [2.45, 2.75) is 6.92 Å². The van der Waals surface area contributed by atoms with Crippen LogP contribution in [-0.4, -0.2) is 9.97 Å². The molecule has 0 aliphatic rings. The van der Waals surface area contributed by atoms with E-state index >= 15 is 0 Å². The van der Waals surface area contributed by atoms with Gasteiger partial charge in [0.1, 0.15) is 0 Å². The lowest BCUT2D eigenvalue weighted by Gasteiger charge is -2.03. The van der Waals surface area contributed by atoms with E-state index in [2.05, 4.69) is 16.0 Å². The van der Waals surface area contributed by atoms with Gasteiger partial charge in [-0.05, 0) is 24.6 Å². The van der Waals surface area contributed by atoms with Gasteiger partial charge in [0.05, 0.1) is 10.6 Å². The fraction of sp³-hybridized carbons (Fsp3) is 0.0667. The molecule has 3 aromatic rings. The highest BCUT2D eigenvalue weighted by Gasteiger charge is 2.13. The molecule has 2 heterocycles. The van der Waals surface area contributed by atoms with Crippen molar-refractivity contribution in [2.24, 2.45) is 0 Å². The first-order valence-electron chi connectivity index (χ1n) is 5.89. The van der Waals surface area contributed by atoms with Gasteiger partial charge in [-0.3, -0.25) is 4.98 Å². The highest BCUT2D eigenvalue weighted by molar-refractivity contribution is 7.19. The van der Waals surface area contributed by atoms with Gasteiger partial charge in [-0.15, -0.1) is 11.3 Å². The molecule has 19 heavy (non-hydrogen) atoms. The normalized spacial score (nSPS) is 10.6. The van der Waals surface area contributed by atoms with E-state index in [1.54, 1.807) is 0 Å². The summed E-state index contributed by atoms with van der Waals surface area (Å²) < 4.78 is 0.559. The largest absolute Gasteiger partial charge is 0.262 e. The number of aromatic nitrogens is 2. The maximum atomic E-state index is 6.10. The quantitative estimate of drug-likeness (QED) is 0.674. The maximum Gasteiger partial charge on any atom is 0.184 e. The van der Waals surface area contributed by atoms with Crippen molar-refractivity contribution in [1.82, 2.24) is 9.97 Å². The highest BCUT2D eigenvalue weighted by Crippen LogP contribution is 2.38. The van der Waals surface area contributed by atoms with Crippen LogP contribution in [0.1, 0.15) is 5.69 Å². The zero-order valence-electron chi connectivity index (χ0n) is 10.3. The Labute approximate surface area is 120 Å². The molecule has 0 radical (unpaired) electrons. The average Bonchev–Trinajstić information content (AvgIpc) is 2.82. The smallest absolute Gasteiger partial charge is 0.184 e. The number of pyridine rings is 1. The van der Waals surface area contributed by atoms with Gasteiger partial charge in [0, 0.05) is 17.5 Å². The summed E-state index contributed by atoms with van der Waals surface area (Å²) in [6.45, 7) is 1.98. The van der Waals surface area contributed by atoms with Crippen LogP contribution in [0.2, 0.25) is 4.47 Å². The number of hydrogen-bond acceptors (Lipinski definition) is 3. The molecule has 0 bridgehead atoms. The van der Waals surface area contributed by atoms with E-state index in [9.17, 15) is 0 Å². The van der Waals surface area contributed by atoms with Crippen molar-refractivity contribution < 1.29 is 0 Å². The average molecular weight is 287 g/mol. The minimum Gasteiger partial charge on any atom is -0.262 e. The van der Waals surface area contributed by atoms with E-state index in [1.165, 1.54) is 11.3 Å². The Morgan fingerprint density at radius 3 is 2.58 bits per heavy atom. The number of benzene rings is 1. The van der Waals surface area contributed by atoms with E-state index < -0.39 is 0 Å². The molecule has 1 aromatic carbocycles. The van der Waals surface area contributed by atoms with Crippen LogP contribution in [0, 0.1) is 6.92 Å². The Morgan fingerprint density at radius 2 is 1.84 bits per heavy atom. The van der Waals surface area contributed by atoms with Gasteiger partial charge in [-0.1, -0.05) is 41.9 Å². The number of halogens is 1. The van der Waals surface area contributed by atoms with Gasteiger partial charge < -0.3 is 0 Å². The first kappa shape index (κ1) is 12.3. The summed E-state index contributed by atoms with van der Waals surface area (Å²) >= 11 is 7.59. The Balaban J connectivity index is 2.18. The number of thiazole rings is 1. The second kappa shape index (κ2) is 5.11. The first-order chi connectivity index (χ1) is 9.24. The minimum atomic E-state index is 0.559. The molecule has 0 saturated heterocycles. The molecule has 0 atom stereocenters. The Hall–Kier alpha value is -1.71. The maximum absolute atomic E-state index is 6.10. The molecule has 0 N–H and O–H groups in total. The summed E-state index contributed by atoms with van der Waals surface area (Å²) in [6, 6.07) is 14.1. The van der Waals surface area contributed by atoms with E-state index in [1.807, 2.05) is 49.5 Å². The predicted octanol–water partition coefficient (Wildman–Crippen LogP) is 4.83. The van der Waals surface area contributed by atoms with E-state index in [-0.39, 0.29) is 0 Å². The molecule has 0 spiro atoms. The van der Waals surface area contributed by atoms with Crippen LogP contribution in [0.25, 0.3) is 21.7 Å². The summed E-state index contributed by atoms with van der Waals surface area (Å²) in [5, 5.41) is 0. The molecule has 3 rings (SSSR count). The number of hydrogen-bond donors (Lipinski definition) is 0. The summed E-state index contributed by atoms with van der Waals surface area (Å²) in [4.78, 5) is 9.76. The second-order valence-corrected chi connectivity index (χ2v) is 5.78. The van der Waals surface area contributed by atoms with Crippen molar-refractivity contribution >= 4 is 22.9 Å². The Morgan fingerprint density at radius 1 is 1.05 bits per heavy atom. The van der Waals surface area contributed by atoms with Crippen molar-refractivity contribution in [3.05, 3.63) is 58.8 Å². The summed E-state index contributed by atoms with van der Waals surface area (Å²) in [5.41, 5.74) is 4.10. The third-order valence-electron chi connectivity index (χ3n) is 2.81. The third-order valence-corrected chi connectivity index (χ3v) is 4.02. The van der Waals surface area contributed by atoms with E-state index in [0.717, 1.165) is 27.4 Å². The Kier molecular flexibility index (Phi) is 3.32. The van der Waals surface area contributed by atoms with E-state index in [4.69, 9.17) is 11.6 Å². The van der Waals surface area contributed by atoms with Crippen LogP contribution in [0.4, 0.5) is 0 Å². The number of aryl methyl sites for hydroxylation is 1. The summed E-state index contributed by atoms with van der Waals surface area (Å²) in [7, 11) is 0. The molecule has 0 unspecified atom stereocenters. The predicted molar refractivity (Wildman–Crippen MR) is 80.5 cm³/mol. The SMILES string of the molecule is Cc1cc(-c2sc(Cl)nc2-c2ccccc2)ccn1. The lowest BCUT2D eigenvalue weighted by molar-refractivity contribution is 1.20. The van der Waals surface area contributed by atoms with Crippen molar-refractivity contribution in [2.75, 3.05) is 0 Å². The molecule has 94 valence electrons. The zero-order valence-corrected chi connectivity index (χ0v) is 11.9. The molecule has 0 amide bonds. The van der Waals surface area contributed by atoms with Crippen LogP contribution in [0.5, 0.6) is 0 Å². The second-order valence-electron chi connectivity index (χ2n) is 4.20. The lowest BCUT2D eigenvalue weighted by atomic mass is 10.1. The van der Waals surface area contributed by atoms with Crippen LogP contribution in [0.3, 0.4) is 0 Å². The molecule has 0 aliphatic heterocycles. The topological polar surface area (TPSA) is 25.8 Å². The van der Waals surface area contributed by atoms with Gasteiger partial charge in [-0.25, -0.2) is 4.98 Å². The fourth-order valence-corrected chi connectivity index (χ4v) is 3.09. The molecule has 4 heteroatoms. The Bertz CT molecular complexity index is 707. The number of rotatable bonds is 2. The molecule has 0 saturated carbocycles. The van der Waals surface area contributed by atoms with Crippen molar-refractivity contribution in [3.8, 4) is 21.7 Å². The summed E-state index contributed by atoms with van der Waals surface area (Å²) in [6.07, 6.45) is 1.81. The highest BCUT2D eigenvalue weighted by atomic mass is 35.5. The number of nitrogens with zero attached hydrogens (tertiary/aromatic N) is 2. The molecule has 2 aromatic heterocycles. The molecular formula is C15H11ClN2S. The van der Waals surface area contributed by atoms with E-state index in [0.29, 0.717) is 4.47 Å². The van der Waals surface area contributed by atoms with Crippen molar-refractivity contribution in [3.63, 3.8) is 0 Å². The summed E-state index contributed by atoms with van der Waals surface area (Å²) in [5.74, 6) is 0. The monoisotopic (exact) mass is 286 g/mol. The molecular weight excluding hydrogens is 276 g/mol.